The average molecular weight is 352 g/mol. The molecule has 0 aromatic heterocycles. The zero-order valence-corrected chi connectivity index (χ0v) is 15.3. The lowest BCUT2D eigenvalue weighted by Gasteiger charge is -2.20. The van der Waals surface area contributed by atoms with E-state index >= 15 is 0 Å². The summed E-state index contributed by atoms with van der Waals surface area (Å²) in [5.41, 5.74) is 0. The van der Waals surface area contributed by atoms with Crippen molar-refractivity contribution in [3.63, 3.8) is 0 Å². The molecule has 1 unspecified atom stereocenters. The zero-order valence-electron chi connectivity index (χ0n) is 15.3. The van der Waals surface area contributed by atoms with E-state index in [1.165, 1.54) is 12.1 Å². The van der Waals surface area contributed by atoms with Gasteiger partial charge in [0.15, 0.2) is 5.96 Å². The van der Waals surface area contributed by atoms with Crippen molar-refractivity contribution in [1.82, 2.24) is 16.0 Å². The smallest absolute Gasteiger partial charge is 0.241 e. The predicted octanol–water partition coefficient (Wildman–Crippen LogP) is 2.06. The van der Waals surface area contributed by atoms with Crippen LogP contribution < -0.4 is 20.7 Å². The van der Waals surface area contributed by atoms with Crippen LogP contribution in [0.4, 0.5) is 4.39 Å². The Labute approximate surface area is 149 Å². The lowest BCUT2D eigenvalue weighted by Crippen LogP contribution is -2.43. The molecule has 0 fully saturated rings. The highest BCUT2D eigenvalue weighted by Gasteiger charge is 2.10. The molecule has 25 heavy (non-hydrogen) atoms. The highest BCUT2D eigenvalue weighted by atomic mass is 19.1. The van der Waals surface area contributed by atoms with Crippen LogP contribution in [0.1, 0.15) is 33.6 Å². The number of guanidine groups is 1. The van der Waals surface area contributed by atoms with E-state index < -0.39 is 0 Å². The number of ether oxygens (including phenoxy) is 1. The lowest BCUT2D eigenvalue weighted by molar-refractivity contribution is -0.119. The Kier molecular flexibility index (Phi) is 10.0. The number of halogens is 1. The standard InChI is InChI=1S/C18H29FN4O2/c1-4-10-21-17(24)13-23-18(20-6-3)22-12-15(5-2)25-16-9-7-8-14(19)11-16/h7-9,11,15H,4-6,10,12-13H2,1-3H3,(H,21,24)(H2,20,22,23). The van der Waals surface area contributed by atoms with E-state index in [4.69, 9.17) is 4.74 Å². The van der Waals surface area contributed by atoms with E-state index in [2.05, 4.69) is 20.9 Å². The molecule has 0 aliphatic heterocycles. The number of benzene rings is 1. The van der Waals surface area contributed by atoms with E-state index in [1.54, 1.807) is 12.1 Å². The minimum absolute atomic E-state index is 0.0663. The summed E-state index contributed by atoms with van der Waals surface area (Å²) in [6, 6.07) is 6.08. The molecule has 0 radical (unpaired) electrons. The van der Waals surface area contributed by atoms with Crippen molar-refractivity contribution in [3.8, 4) is 5.75 Å². The van der Waals surface area contributed by atoms with Gasteiger partial charge >= 0.3 is 0 Å². The fourth-order valence-corrected chi connectivity index (χ4v) is 2.03. The van der Waals surface area contributed by atoms with E-state index in [-0.39, 0.29) is 24.4 Å². The summed E-state index contributed by atoms with van der Waals surface area (Å²) < 4.78 is 19.0. The van der Waals surface area contributed by atoms with Crippen molar-refractivity contribution in [2.24, 2.45) is 4.99 Å². The Hall–Kier alpha value is -2.31. The third-order valence-electron chi connectivity index (χ3n) is 3.35. The zero-order chi connectivity index (χ0) is 18.5. The van der Waals surface area contributed by atoms with Gasteiger partial charge in [0.2, 0.25) is 5.91 Å². The first-order valence-corrected chi connectivity index (χ1v) is 8.80. The van der Waals surface area contributed by atoms with Gasteiger partial charge in [0.1, 0.15) is 24.2 Å². The SMILES string of the molecule is CCCNC(=O)CN=C(NCC)NCC(CC)Oc1cccc(F)c1. The number of hydrogen-bond acceptors (Lipinski definition) is 3. The topological polar surface area (TPSA) is 74.8 Å². The van der Waals surface area contributed by atoms with Crippen LogP contribution in [0.3, 0.4) is 0 Å². The Bertz CT molecular complexity index is 552. The fraction of sp³-hybridized carbons (Fsp3) is 0.556. The van der Waals surface area contributed by atoms with E-state index in [0.717, 1.165) is 12.8 Å². The molecule has 1 aromatic carbocycles. The van der Waals surface area contributed by atoms with Crippen molar-refractivity contribution < 1.29 is 13.9 Å². The Morgan fingerprint density at radius 1 is 1.24 bits per heavy atom. The molecule has 0 saturated heterocycles. The summed E-state index contributed by atoms with van der Waals surface area (Å²) in [5, 5.41) is 9.03. The van der Waals surface area contributed by atoms with Crippen LogP contribution in [-0.4, -0.2) is 44.1 Å². The van der Waals surface area contributed by atoms with Gasteiger partial charge in [0.05, 0.1) is 6.54 Å². The number of carbonyl (C=O) groups is 1. The largest absolute Gasteiger partial charge is 0.489 e. The quantitative estimate of drug-likeness (QED) is 0.445. The van der Waals surface area contributed by atoms with Crippen LogP contribution in [0.5, 0.6) is 5.75 Å². The van der Waals surface area contributed by atoms with Gasteiger partial charge in [-0.25, -0.2) is 9.38 Å². The lowest BCUT2D eigenvalue weighted by atomic mass is 10.2. The van der Waals surface area contributed by atoms with Gasteiger partial charge in [-0.1, -0.05) is 19.9 Å². The molecular formula is C18H29FN4O2. The number of hydrogen-bond donors (Lipinski definition) is 3. The van der Waals surface area contributed by atoms with E-state index in [9.17, 15) is 9.18 Å². The second-order valence-corrected chi connectivity index (χ2v) is 5.53. The van der Waals surface area contributed by atoms with Gasteiger partial charge in [0, 0.05) is 19.2 Å². The summed E-state index contributed by atoms with van der Waals surface area (Å²) in [6.07, 6.45) is 1.50. The molecule has 7 heteroatoms. The first-order valence-electron chi connectivity index (χ1n) is 8.80. The maximum Gasteiger partial charge on any atom is 0.241 e. The number of nitrogens with one attached hydrogen (secondary N) is 3. The van der Waals surface area contributed by atoms with Crippen LogP contribution in [0.25, 0.3) is 0 Å². The van der Waals surface area contributed by atoms with Crippen LogP contribution in [0, 0.1) is 5.82 Å². The van der Waals surface area contributed by atoms with E-state index in [0.29, 0.717) is 31.3 Å². The number of carbonyl (C=O) groups excluding carboxylic acids is 1. The molecule has 1 amide bonds. The van der Waals surface area contributed by atoms with Gasteiger partial charge in [0.25, 0.3) is 0 Å². The highest BCUT2D eigenvalue weighted by Crippen LogP contribution is 2.14. The molecule has 0 spiro atoms. The van der Waals surface area contributed by atoms with Gasteiger partial charge in [-0.2, -0.15) is 0 Å². The molecule has 0 aliphatic carbocycles. The molecule has 3 N–H and O–H groups in total. The maximum absolute atomic E-state index is 13.2. The second-order valence-electron chi connectivity index (χ2n) is 5.53. The van der Waals surface area contributed by atoms with Crippen molar-refractivity contribution in [1.29, 1.82) is 0 Å². The maximum atomic E-state index is 13.2. The molecule has 1 atom stereocenters. The minimum atomic E-state index is -0.326. The van der Waals surface area contributed by atoms with E-state index in [1.807, 2.05) is 20.8 Å². The Morgan fingerprint density at radius 3 is 2.68 bits per heavy atom. The first-order chi connectivity index (χ1) is 12.1. The van der Waals surface area contributed by atoms with Crippen molar-refractivity contribution in [2.75, 3.05) is 26.2 Å². The normalized spacial score (nSPS) is 12.4. The third-order valence-corrected chi connectivity index (χ3v) is 3.35. The molecule has 1 aromatic rings. The average Bonchev–Trinajstić information content (AvgIpc) is 2.61. The number of nitrogens with zero attached hydrogens (tertiary/aromatic N) is 1. The third kappa shape index (κ3) is 8.93. The van der Waals surface area contributed by atoms with Crippen molar-refractivity contribution >= 4 is 11.9 Å². The summed E-state index contributed by atoms with van der Waals surface area (Å²) in [4.78, 5) is 15.9. The van der Waals surface area contributed by atoms with Gasteiger partial charge in [-0.3, -0.25) is 4.79 Å². The fourth-order valence-electron chi connectivity index (χ4n) is 2.03. The minimum Gasteiger partial charge on any atom is -0.489 e. The number of aliphatic imine (C=N–C) groups is 1. The highest BCUT2D eigenvalue weighted by molar-refractivity contribution is 5.84. The van der Waals surface area contributed by atoms with Crippen LogP contribution in [0.2, 0.25) is 0 Å². The molecule has 140 valence electrons. The monoisotopic (exact) mass is 352 g/mol. The molecular weight excluding hydrogens is 323 g/mol. The van der Waals surface area contributed by atoms with Crippen molar-refractivity contribution in [2.45, 2.75) is 39.7 Å². The van der Waals surface area contributed by atoms with Gasteiger partial charge in [-0.05, 0) is 31.9 Å². The van der Waals surface area contributed by atoms with Gasteiger partial charge < -0.3 is 20.7 Å². The summed E-state index contributed by atoms with van der Waals surface area (Å²) >= 11 is 0. The predicted molar refractivity (Wildman–Crippen MR) is 98.4 cm³/mol. The van der Waals surface area contributed by atoms with Crippen LogP contribution in [0.15, 0.2) is 29.3 Å². The molecule has 1 rings (SSSR count). The van der Waals surface area contributed by atoms with Crippen LogP contribution >= 0.6 is 0 Å². The summed E-state index contributed by atoms with van der Waals surface area (Å²) in [6.45, 7) is 7.84. The second kappa shape index (κ2) is 12.1. The molecule has 0 saturated carbocycles. The summed E-state index contributed by atoms with van der Waals surface area (Å²) in [7, 11) is 0. The summed E-state index contributed by atoms with van der Waals surface area (Å²) in [5.74, 6) is 0.611. The Morgan fingerprint density at radius 2 is 2.04 bits per heavy atom. The first kappa shape index (κ1) is 20.7. The molecule has 0 aliphatic rings. The van der Waals surface area contributed by atoms with Gasteiger partial charge in [-0.15, -0.1) is 0 Å². The van der Waals surface area contributed by atoms with Crippen molar-refractivity contribution in [3.05, 3.63) is 30.1 Å². The number of amides is 1. The number of rotatable bonds is 10. The van der Waals surface area contributed by atoms with Crippen LogP contribution in [-0.2, 0) is 4.79 Å². The molecule has 6 nitrogen and oxygen atoms in total. The Balaban J connectivity index is 2.54. The molecule has 0 bridgehead atoms. The molecule has 0 heterocycles.